The van der Waals surface area contributed by atoms with Gasteiger partial charge in [-0.15, -0.1) is 0 Å². The molecule has 4 aromatic rings. The van der Waals surface area contributed by atoms with Crippen molar-refractivity contribution in [1.29, 1.82) is 0 Å². The molecular formula is C28H23N3O7S2. The summed E-state index contributed by atoms with van der Waals surface area (Å²) in [5.41, 5.74) is 0.986. The van der Waals surface area contributed by atoms with E-state index in [1.54, 1.807) is 67.8 Å². The van der Waals surface area contributed by atoms with E-state index < -0.39 is 23.0 Å². The third kappa shape index (κ3) is 4.38. The lowest BCUT2D eigenvalue weighted by Gasteiger charge is -2.29. The largest absolute Gasteiger partial charge is 0.497 e. The molecule has 0 bridgehead atoms. The topological polar surface area (TPSA) is 120 Å². The van der Waals surface area contributed by atoms with E-state index in [9.17, 15) is 19.2 Å². The Labute approximate surface area is 236 Å². The summed E-state index contributed by atoms with van der Waals surface area (Å²) >= 11 is 2.11. The molecule has 1 N–H and O–H groups in total. The van der Waals surface area contributed by atoms with Gasteiger partial charge in [0, 0.05) is 5.69 Å². The second-order valence-corrected chi connectivity index (χ2v) is 11.3. The third-order valence-electron chi connectivity index (χ3n) is 6.91. The van der Waals surface area contributed by atoms with Crippen LogP contribution in [0.1, 0.15) is 16.6 Å². The summed E-state index contributed by atoms with van der Waals surface area (Å²) in [5, 5.41) is 2.47. The number of thiazole rings is 1. The number of fused-ring (bicyclic) bond motifs is 2. The van der Waals surface area contributed by atoms with Gasteiger partial charge in [-0.2, -0.15) is 0 Å². The molecule has 12 heteroatoms. The Morgan fingerprint density at radius 1 is 0.950 bits per heavy atom. The van der Waals surface area contributed by atoms with Gasteiger partial charge in [-0.1, -0.05) is 23.1 Å². The Morgan fingerprint density at radius 2 is 1.62 bits per heavy atom. The molecule has 2 aromatic heterocycles. The molecule has 3 amide bonds. The van der Waals surface area contributed by atoms with E-state index in [-0.39, 0.29) is 23.2 Å². The van der Waals surface area contributed by atoms with Crippen molar-refractivity contribution in [2.75, 3.05) is 24.4 Å². The number of carbonyl (C=O) groups is 3. The van der Waals surface area contributed by atoms with Crippen LogP contribution in [0.15, 0.2) is 81.2 Å². The molecule has 204 valence electrons. The van der Waals surface area contributed by atoms with Gasteiger partial charge < -0.3 is 19.2 Å². The van der Waals surface area contributed by atoms with Gasteiger partial charge in [-0.05, 0) is 60.7 Å². The first-order valence-electron chi connectivity index (χ1n) is 12.3. The smallest absolute Gasteiger partial charge is 0.308 e. The van der Waals surface area contributed by atoms with Crippen molar-refractivity contribution in [2.24, 2.45) is 5.92 Å². The molecule has 2 aromatic carbocycles. The highest BCUT2D eigenvalue weighted by molar-refractivity contribution is 8.00. The molecular weight excluding hydrogens is 554 g/mol. The fraction of sp³-hybridized carbons (Fsp3) is 0.214. The van der Waals surface area contributed by atoms with Gasteiger partial charge in [0.15, 0.2) is 0 Å². The van der Waals surface area contributed by atoms with Crippen LogP contribution in [0.3, 0.4) is 0 Å². The zero-order valence-electron chi connectivity index (χ0n) is 21.4. The van der Waals surface area contributed by atoms with Crippen molar-refractivity contribution in [3.63, 3.8) is 0 Å². The lowest BCUT2D eigenvalue weighted by atomic mass is 9.87. The minimum atomic E-state index is -0.804. The molecule has 3 unspecified atom stereocenters. The van der Waals surface area contributed by atoms with Gasteiger partial charge in [-0.25, -0.2) is 4.90 Å². The van der Waals surface area contributed by atoms with E-state index in [2.05, 4.69) is 5.32 Å². The number of rotatable bonds is 7. The molecule has 0 aliphatic carbocycles. The number of benzene rings is 2. The van der Waals surface area contributed by atoms with Crippen LogP contribution in [0, 0.1) is 5.92 Å². The summed E-state index contributed by atoms with van der Waals surface area (Å²) in [6.45, 7) is -0.254. The minimum Gasteiger partial charge on any atom is -0.497 e. The first kappa shape index (κ1) is 26.0. The maximum absolute atomic E-state index is 13.8. The standard InChI is InChI=1S/C28H23N3O7S2/c1-36-17-9-5-15(6-10-17)29-20(32)14-30-27-24(40-28(30)35)21(19-4-3-13-38-19)22-23(39-27)26(34)31(25(22)33)16-7-11-18(37-2)12-8-16/h3-13,21-23H,14H2,1-2H3,(H,29,32). The molecule has 0 spiro atoms. The van der Waals surface area contributed by atoms with Gasteiger partial charge in [0.2, 0.25) is 17.7 Å². The van der Waals surface area contributed by atoms with Gasteiger partial charge in [-0.3, -0.25) is 23.7 Å². The summed E-state index contributed by atoms with van der Waals surface area (Å²) < 4.78 is 17.4. The number of hydrogen-bond acceptors (Lipinski definition) is 9. The van der Waals surface area contributed by atoms with E-state index in [1.165, 1.54) is 22.8 Å². The lowest BCUT2D eigenvalue weighted by molar-refractivity contribution is -0.122. The number of furan rings is 1. The molecule has 1 fully saturated rings. The SMILES string of the molecule is COc1ccc(NC(=O)Cn2c3c(sc2=O)C(c2ccco2)C2C(=O)N(c4ccc(OC)cc4)C(=O)C2S3)cc1. The van der Waals surface area contributed by atoms with Gasteiger partial charge in [0.1, 0.15) is 29.1 Å². The zero-order chi connectivity index (χ0) is 28.0. The molecule has 3 atom stereocenters. The van der Waals surface area contributed by atoms with Gasteiger partial charge in [0.05, 0.1) is 47.9 Å². The van der Waals surface area contributed by atoms with Crippen LogP contribution >= 0.6 is 23.1 Å². The van der Waals surface area contributed by atoms with Crippen LogP contribution in [0.25, 0.3) is 0 Å². The van der Waals surface area contributed by atoms with Crippen molar-refractivity contribution in [3.05, 3.63) is 87.2 Å². The van der Waals surface area contributed by atoms with Crippen LogP contribution in [-0.2, 0) is 20.9 Å². The molecule has 6 rings (SSSR count). The Kier molecular flexibility index (Phi) is 6.72. The van der Waals surface area contributed by atoms with Crippen LogP contribution in [0.4, 0.5) is 11.4 Å². The number of nitrogens with one attached hydrogen (secondary N) is 1. The number of amides is 3. The number of carbonyl (C=O) groups excluding carboxylic acids is 3. The summed E-state index contributed by atoms with van der Waals surface area (Å²) in [6.07, 6.45) is 1.50. The summed E-state index contributed by atoms with van der Waals surface area (Å²) in [4.78, 5) is 55.1. The molecule has 40 heavy (non-hydrogen) atoms. The van der Waals surface area contributed by atoms with E-state index in [4.69, 9.17) is 13.9 Å². The second-order valence-electron chi connectivity index (χ2n) is 9.17. The first-order valence-corrected chi connectivity index (χ1v) is 14.0. The number of thioether (sulfide) groups is 1. The number of hydrogen-bond donors (Lipinski definition) is 1. The first-order chi connectivity index (χ1) is 19.4. The highest BCUT2D eigenvalue weighted by Gasteiger charge is 2.57. The maximum atomic E-state index is 13.8. The fourth-order valence-electron chi connectivity index (χ4n) is 5.03. The molecule has 4 heterocycles. The normalized spacial score (nSPS) is 19.8. The predicted molar refractivity (Wildman–Crippen MR) is 149 cm³/mol. The Bertz CT molecular complexity index is 1640. The number of methoxy groups -OCH3 is 2. The van der Waals surface area contributed by atoms with Crippen molar-refractivity contribution < 1.29 is 28.3 Å². The number of anilines is 2. The molecule has 1 saturated heterocycles. The zero-order valence-corrected chi connectivity index (χ0v) is 23.0. The lowest BCUT2D eigenvalue weighted by Crippen LogP contribution is -2.32. The van der Waals surface area contributed by atoms with E-state index in [0.717, 1.165) is 23.1 Å². The highest BCUT2D eigenvalue weighted by Crippen LogP contribution is 2.54. The molecule has 10 nitrogen and oxygen atoms in total. The van der Waals surface area contributed by atoms with Crippen LogP contribution in [0.2, 0.25) is 0 Å². The second kappa shape index (κ2) is 10.4. The fourth-order valence-corrected chi connectivity index (χ4v) is 7.79. The number of aromatic nitrogens is 1. The molecule has 0 radical (unpaired) electrons. The maximum Gasteiger partial charge on any atom is 0.308 e. The Hall–Kier alpha value is -4.29. The number of nitrogens with zero attached hydrogens (tertiary/aromatic N) is 2. The van der Waals surface area contributed by atoms with E-state index in [1.807, 2.05) is 0 Å². The molecule has 2 aliphatic rings. The summed E-state index contributed by atoms with van der Waals surface area (Å²) in [5.74, 6) is -0.871. The van der Waals surface area contributed by atoms with Gasteiger partial charge in [0.25, 0.3) is 0 Å². The molecule has 0 saturated carbocycles. The van der Waals surface area contributed by atoms with E-state index in [0.29, 0.717) is 38.5 Å². The summed E-state index contributed by atoms with van der Waals surface area (Å²) in [7, 11) is 3.09. The predicted octanol–water partition coefficient (Wildman–Crippen LogP) is 3.95. The highest BCUT2D eigenvalue weighted by atomic mass is 32.2. The third-order valence-corrected chi connectivity index (χ3v) is 9.51. The van der Waals surface area contributed by atoms with Crippen molar-refractivity contribution >= 4 is 52.2 Å². The average Bonchev–Trinajstić information content (AvgIpc) is 3.66. The number of imide groups is 1. The van der Waals surface area contributed by atoms with Crippen LogP contribution in [-0.4, -0.2) is 41.8 Å². The Morgan fingerprint density at radius 3 is 2.25 bits per heavy atom. The monoisotopic (exact) mass is 577 g/mol. The number of ether oxygens (including phenoxy) is 2. The van der Waals surface area contributed by atoms with Crippen LogP contribution < -0.4 is 24.6 Å². The van der Waals surface area contributed by atoms with Crippen molar-refractivity contribution in [2.45, 2.75) is 22.7 Å². The van der Waals surface area contributed by atoms with Gasteiger partial charge >= 0.3 is 4.87 Å². The van der Waals surface area contributed by atoms with Crippen molar-refractivity contribution in [1.82, 2.24) is 4.57 Å². The van der Waals surface area contributed by atoms with E-state index >= 15 is 0 Å². The van der Waals surface area contributed by atoms with Crippen molar-refractivity contribution in [3.8, 4) is 11.5 Å². The average molecular weight is 578 g/mol. The molecule has 2 aliphatic heterocycles. The summed E-state index contributed by atoms with van der Waals surface area (Å²) in [6, 6.07) is 17.0. The Balaban J connectivity index is 1.35. The quantitative estimate of drug-likeness (QED) is 0.328. The van der Waals surface area contributed by atoms with Crippen LogP contribution in [0.5, 0.6) is 11.5 Å². The minimum absolute atomic E-state index is 0.254.